The van der Waals surface area contributed by atoms with E-state index in [0.29, 0.717) is 5.92 Å². The molecule has 0 heterocycles. The van der Waals surface area contributed by atoms with E-state index in [2.05, 4.69) is 12.2 Å². The first kappa shape index (κ1) is 10.5. The molecule has 0 spiro atoms. The number of hydrogen-bond donors (Lipinski definition) is 1. The molecule has 0 aromatic rings. The first-order chi connectivity index (χ1) is 6.08. The summed E-state index contributed by atoms with van der Waals surface area (Å²) in [7, 11) is -3.84. The molecular formula is C9H14O3S. The highest BCUT2D eigenvalue weighted by atomic mass is 32.2. The molecule has 0 saturated heterocycles. The minimum Gasteiger partial charge on any atom is -0.285 e. The van der Waals surface area contributed by atoms with Crippen LogP contribution in [0, 0.1) is 5.92 Å². The Morgan fingerprint density at radius 1 is 1.54 bits per heavy atom. The fraction of sp³-hybridized carbons (Fsp3) is 0.556. The van der Waals surface area contributed by atoms with Crippen molar-refractivity contribution >= 4 is 10.1 Å². The highest BCUT2D eigenvalue weighted by Crippen LogP contribution is 2.17. The largest absolute Gasteiger partial charge is 0.285 e. The number of hydrogen-bond acceptors (Lipinski definition) is 2. The molecule has 1 aliphatic rings. The SMILES string of the molecule is O=S(=O)(O)C/C=C/C1C=CCCC1. The van der Waals surface area contributed by atoms with E-state index in [9.17, 15) is 8.42 Å². The van der Waals surface area contributed by atoms with Gasteiger partial charge in [0, 0.05) is 0 Å². The van der Waals surface area contributed by atoms with Crippen LogP contribution in [0.1, 0.15) is 19.3 Å². The molecule has 4 heteroatoms. The van der Waals surface area contributed by atoms with E-state index in [1.807, 2.05) is 6.08 Å². The fourth-order valence-electron chi connectivity index (χ4n) is 1.35. The molecular weight excluding hydrogens is 188 g/mol. The molecule has 0 fully saturated rings. The van der Waals surface area contributed by atoms with Gasteiger partial charge >= 0.3 is 0 Å². The van der Waals surface area contributed by atoms with Gasteiger partial charge in [-0.2, -0.15) is 8.42 Å². The maximum absolute atomic E-state index is 10.4. The average molecular weight is 202 g/mol. The van der Waals surface area contributed by atoms with Crippen molar-refractivity contribution in [2.45, 2.75) is 19.3 Å². The summed E-state index contributed by atoms with van der Waals surface area (Å²) < 4.78 is 29.2. The monoisotopic (exact) mass is 202 g/mol. The Bertz CT molecular complexity index is 301. The Labute approximate surface area is 78.9 Å². The Morgan fingerprint density at radius 2 is 2.31 bits per heavy atom. The van der Waals surface area contributed by atoms with E-state index in [1.54, 1.807) is 0 Å². The molecule has 0 saturated carbocycles. The molecule has 13 heavy (non-hydrogen) atoms. The van der Waals surface area contributed by atoms with Crippen molar-refractivity contribution < 1.29 is 13.0 Å². The topological polar surface area (TPSA) is 54.4 Å². The van der Waals surface area contributed by atoms with Gasteiger partial charge in [0.15, 0.2) is 0 Å². The van der Waals surface area contributed by atoms with Gasteiger partial charge in [-0.25, -0.2) is 0 Å². The summed E-state index contributed by atoms with van der Waals surface area (Å²) in [5, 5.41) is 0. The summed E-state index contributed by atoms with van der Waals surface area (Å²) in [5.74, 6) is 0.0626. The van der Waals surface area contributed by atoms with Crippen LogP contribution in [0.15, 0.2) is 24.3 Å². The Hall–Kier alpha value is -0.610. The molecule has 74 valence electrons. The second-order valence-electron chi connectivity index (χ2n) is 3.20. The molecule has 1 unspecified atom stereocenters. The lowest BCUT2D eigenvalue weighted by molar-refractivity contribution is 0.486. The normalized spacial score (nSPS) is 23.9. The van der Waals surface area contributed by atoms with E-state index >= 15 is 0 Å². The van der Waals surface area contributed by atoms with Crippen molar-refractivity contribution in [2.75, 3.05) is 5.75 Å². The van der Waals surface area contributed by atoms with Crippen LogP contribution in [0.5, 0.6) is 0 Å². The zero-order valence-corrected chi connectivity index (χ0v) is 8.20. The molecule has 1 rings (SSSR count). The van der Waals surface area contributed by atoms with Gasteiger partial charge in [-0.1, -0.05) is 24.3 Å². The van der Waals surface area contributed by atoms with Gasteiger partial charge < -0.3 is 0 Å². The summed E-state index contributed by atoms with van der Waals surface area (Å²) >= 11 is 0. The standard InChI is InChI=1S/C9H14O3S/c10-13(11,12)8-4-7-9-5-2-1-3-6-9/h2,4-5,7,9H,1,3,6,8H2,(H,10,11,12)/b7-4+. The second-order valence-corrected chi connectivity index (χ2v) is 4.70. The molecule has 1 atom stereocenters. The lowest BCUT2D eigenvalue weighted by atomic mass is 9.96. The number of rotatable bonds is 3. The second kappa shape index (κ2) is 4.58. The third-order valence-electron chi connectivity index (χ3n) is 1.98. The van der Waals surface area contributed by atoms with Crippen molar-refractivity contribution in [1.29, 1.82) is 0 Å². The van der Waals surface area contributed by atoms with E-state index < -0.39 is 10.1 Å². The van der Waals surface area contributed by atoms with Gasteiger partial charge in [-0.15, -0.1) is 0 Å². The predicted molar refractivity (Wildman–Crippen MR) is 52.0 cm³/mol. The maximum atomic E-state index is 10.4. The summed E-state index contributed by atoms with van der Waals surface area (Å²) in [6.45, 7) is 0. The molecule has 1 aliphatic carbocycles. The van der Waals surface area contributed by atoms with Gasteiger partial charge in [0.05, 0.1) is 5.75 Å². The molecule has 0 radical (unpaired) electrons. The third kappa shape index (κ3) is 4.85. The summed E-state index contributed by atoms with van der Waals surface area (Å²) in [6, 6.07) is 0. The zero-order chi connectivity index (χ0) is 9.73. The van der Waals surface area contributed by atoms with Crippen molar-refractivity contribution in [3.63, 3.8) is 0 Å². The minimum absolute atomic E-state index is 0.280. The van der Waals surface area contributed by atoms with Crippen LogP contribution in [-0.2, 0) is 10.1 Å². The number of allylic oxidation sites excluding steroid dienone is 3. The summed E-state index contributed by atoms with van der Waals surface area (Å²) in [5.41, 5.74) is 0. The third-order valence-corrected chi connectivity index (χ3v) is 2.60. The Kier molecular flexibility index (Phi) is 3.69. The molecule has 0 bridgehead atoms. The Balaban J connectivity index is 2.39. The van der Waals surface area contributed by atoms with Crippen molar-refractivity contribution in [1.82, 2.24) is 0 Å². The lowest BCUT2D eigenvalue weighted by Crippen LogP contribution is -2.02. The zero-order valence-electron chi connectivity index (χ0n) is 7.39. The van der Waals surface area contributed by atoms with Crippen LogP contribution in [0.25, 0.3) is 0 Å². The molecule has 0 aromatic carbocycles. The highest BCUT2D eigenvalue weighted by molar-refractivity contribution is 7.85. The van der Waals surface area contributed by atoms with Crippen LogP contribution in [0.4, 0.5) is 0 Å². The predicted octanol–water partition coefficient (Wildman–Crippen LogP) is 1.79. The van der Waals surface area contributed by atoms with Crippen LogP contribution < -0.4 is 0 Å². The van der Waals surface area contributed by atoms with E-state index in [4.69, 9.17) is 4.55 Å². The van der Waals surface area contributed by atoms with Crippen molar-refractivity contribution in [2.24, 2.45) is 5.92 Å². The molecule has 0 aromatic heterocycles. The Morgan fingerprint density at radius 3 is 2.85 bits per heavy atom. The molecule has 0 aliphatic heterocycles. The van der Waals surface area contributed by atoms with Crippen molar-refractivity contribution in [3.8, 4) is 0 Å². The first-order valence-electron chi connectivity index (χ1n) is 4.36. The smallest absolute Gasteiger partial charge is 0.268 e. The summed E-state index contributed by atoms with van der Waals surface area (Å²) in [4.78, 5) is 0. The van der Waals surface area contributed by atoms with E-state index in [0.717, 1.165) is 19.3 Å². The van der Waals surface area contributed by atoms with Crippen LogP contribution in [-0.4, -0.2) is 18.7 Å². The fourth-order valence-corrected chi connectivity index (χ4v) is 1.71. The van der Waals surface area contributed by atoms with E-state index in [1.165, 1.54) is 6.08 Å². The van der Waals surface area contributed by atoms with Crippen LogP contribution >= 0.6 is 0 Å². The van der Waals surface area contributed by atoms with Gasteiger partial charge in [0.2, 0.25) is 0 Å². The molecule has 0 amide bonds. The van der Waals surface area contributed by atoms with Crippen LogP contribution in [0.2, 0.25) is 0 Å². The first-order valence-corrected chi connectivity index (χ1v) is 5.97. The van der Waals surface area contributed by atoms with Gasteiger partial charge in [0.1, 0.15) is 0 Å². The quantitative estimate of drug-likeness (QED) is 0.560. The summed E-state index contributed by atoms with van der Waals surface area (Å²) in [6.07, 6.45) is 10.9. The highest BCUT2D eigenvalue weighted by Gasteiger charge is 2.05. The lowest BCUT2D eigenvalue weighted by Gasteiger charge is -2.10. The maximum Gasteiger partial charge on any atom is 0.268 e. The van der Waals surface area contributed by atoms with Crippen molar-refractivity contribution in [3.05, 3.63) is 24.3 Å². The van der Waals surface area contributed by atoms with E-state index in [-0.39, 0.29) is 5.75 Å². The van der Waals surface area contributed by atoms with Gasteiger partial charge in [-0.3, -0.25) is 4.55 Å². The molecule has 3 nitrogen and oxygen atoms in total. The van der Waals surface area contributed by atoms with Crippen LogP contribution in [0.3, 0.4) is 0 Å². The minimum atomic E-state index is -3.84. The molecule has 1 N–H and O–H groups in total. The average Bonchev–Trinajstić information content (AvgIpc) is 2.04. The van der Waals surface area contributed by atoms with Gasteiger partial charge in [-0.05, 0) is 25.2 Å². The van der Waals surface area contributed by atoms with Gasteiger partial charge in [0.25, 0.3) is 10.1 Å².